The summed E-state index contributed by atoms with van der Waals surface area (Å²) in [7, 11) is 0. The average molecular weight is 176 g/mol. The number of hydrogen-bond donors (Lipinski definition) is 1. The van der Waals surface area contributed by atoms with Crippen molar-refractivity contribution in [2.75, 3.05) is 6.54 Å². The second-order valence-corrected chi connectivity index (χ2v) is 2.91. The highest BCUT2D eigenvalue weighted by Gasteiger charge is 2.07. The Bertz CT molecular complexity index is 246. The first-order valence-corrected chi connectivity index (χ1v) is 4.02. The Morgan fingerprint density at radius 1 is 1.70 bits per heavy atom. The second kappa shape index (κ2) is 3.14. The van der Waals surface area contributed by atoms with Gasteiger partial charge in [-0.2, -0.15) is 11.3 Å². The van der Waals surface area contributed by atoms with Gasteiger partial charge in [-0.15, -0.1) is 0 Å². The lowest BCUT2D eigenvalue weighted by atomic mass is 10.2. The predicted molar refractivity (Wildman–Crippen MR) is 42.7 cm³/mol. The van der Waals surface area contributed by atoms with Gasteiger partial charge in [-0.1, -0.05) is 11.6 Å². The topological polar surface area (TPSA) is 43.1 Å². The molecule has 0 aromatic carbocycles. The fourth-order valence-electron chi connectivity index (χ4n) is 0.590. The lowest BCUT2D eigenvalue weighted by Gasteiger charge is -1.91. The van der Waals surface area contributed by atoms with E-state index in [4.69, 9.17) is 17.3 Å². The fraction of sp³-hybridized carbons (Fsp3) is 0.167. The van der Waals surface area contributed by atoms with Gasteiger partial charge >= 0.3 is 0 Å². The molecule has 0 spiro atoms. The van der Waals surface area contributed by atoms with Crippen LogP contribution in [-0.4, -0.2) is 12.3 Å². The van der Waals surface area contributed by atoms with Gasteiger partial charge in [0.2, 0.25) is 0 Å². The highest BCUT2D eigenvalue weighted by atomic mass is 35.5. The van der Waals surface area contributed by atoms with Crippen LogP contribution < -0.4 is 5.73 Å². The minimum absolute atomic E-state index is 0.0243. The van der Waals surface area contributed by atoms with Crippen molar-refractivity contribution >= 4 is 28.7 Å². The van der Waals surface area contributed by atoms with Crippen molar-refractivity contribution in [3.8, 4) is 0 Å². The third kappa shape index (κ3) is 1.37. The molecule has 54 valence electrons. The smallest absolute Gasteiger partial charge is 0.178 e. The lowest BCUT2D eigenvalue weighted by molar-refractivity contribution is 0.100. The molecule has 0 aliphatic rings. The highest BCUT2D eigenvalue weighted by Crippen LogP contribution is 2.20. The third-order valence-electron chi connectivity index (χ3n) is 1.10. The number of ketones is 1. The molecule has 0 radical (unpaired) electrons. The molecule has 1 aromatic rings. The van der Waals surface area contributed by atoms with E-state index in [2.05, 4.69) is 0 Å². The van der Waals surface area contributed by atoms with E-state index in [-0.39, 0.29) is 12.3 Å². The van der Waals surface area contributed by atoms with Gasteiger partial charge in [0.1, 0.15) is 0 Å². The quantitative estimate of drug-likeness (QED) is 0.693. The Morgan fingerprint density at radius 2 is 2.40 bits per heavy atom. The van der Waals surface area contributed by atoms with E-state index in [0.717, 1.165) is 0 Å². The van der Waals surface area contributed by atoms with Crippen LogP contribution in [-0.2, 0) is 0 Å². The van der Waals surface area contributed by atoms with Crippen molar-refractivity contribution < 1.29 is 4.79 Å². The van der Waals surface area contributed by atoms with Crippen molar-refractivity contribution in [3.05, 3.63) is 21.3 Å². The van der Waals surface area contributed by atoms with Crippen LogP contribution in [0.4, 0.5) is 0 Å². The van der Waals surface area contributed by atoms with Crippen LogP contribution in [0.5, 0.6) is 0 Å². The van der Waals surface area contributed by atoms with E-state index < -0.39 is 0 Å². The van der Waals surface area contributed by atoms with Crippen molar-refractivity contribution in [2.24, 2.45) is 5.73 Å². The number of nitrogens with two attached hydrogens (primary N) is 1. The number of carbonyl (C=O) groups excluding carboxylic acids is 1. The monoisotopic (exact) mass is 175 g/mol. The molecule has 4 heteroatoms. The molecule has 0 saturated heterocycles. The zero-order valence-electron chi connectivity index (χ0n) is 5.13. The maximum absolute atomic E-state index is 10.9. The number of Topliss-reactive ketones (excluding diaryl/α,β-unsaturated/α-hetero) is 1. The standard InChI is InChI=1S/C6H6ClNOS/c7-5-3-10-2-4(5)6(9)1-8/h2-3H,1,8H2. The van der Waals surface area contributed by atoms with E-state index >= 15 is 0 Å². The number of rotatable bonds is 2. The zero-order chi connectivity index (χ0) is 7.56. The minimum atomic E-state index is -0.105. The van der Waals surface area contributed by atoms with Gasteiger partial charge in [0.05, 0.1) is 11.6 Å². The van der Waals surface area contributed by atoms with E-state index in [0.29, 0.717) is 10.6 Å². The van der Waals surface area contributed by atoms with Gasteiger partial charge in [0.25, 0.3) is 0 Å². The van der Waals surface area contributed by atoms with Crippen LogP contribution in [0, 0.1) is 0 Å². The van der Waals surface area contributed by atoms with E-state index in [1.807, 2.05) is 0 Å². The minimum Gasteiger partial charge on any atom is -0.324 e. The molecule has 1 heterocycles. The highest BCUT2D eigenvalue weighted by molar-refractivity contribution is 7.08. The van der Waals surface area contributed by atoms with Crippen LogP contribution in [0.25, 0.3) is 0 Å². The van der Waals surface area contributed by atoms with Gasteiger partial charge in [0, 0.05) is 16.3 Å². The molecule has 10 heavy (non-hydrogen) atoms. The Balaban J connectivity index is 2.93. The SMILES string of the molecule is NCC(=O)c1cscc1Cl. The molecule has 0 fully saturated rings. The Hall–Kier alpha value is -0.380. The van der Waals surface area contributed by atoms with E-state index in [1.165, 1.54) is 11.3 Å². The van der Waals surface area contributed by atoms with Gasteiger partial charge in [0.15, 0.2) is 5.78 Å². The first-order chi connectivity index (χ1) is 4.75. The molecule has 0 unspecified atom stereocenters. The lowest BCUT2D eigenvalue weighted by Crippen LogP contribution is -2.12. The summed E-state index contributed by atoms with van der Waals surface area (Å²) in [5.74, 6) is -0.105. The van der Waals surface area contributed by atoms with Crippen LogP contribution in [0.2, 0.25) is 5.02 Å². The summed E-state index contributed by atoms with van der Waals surface area (Å²) in [5.41, 5.74) is 5.66. The van der Waals surface area contributed by atoms with Crippen molar-refractivity contribution in [1.29, 1.82) is 0 Å². The summed E-state index contributed by atoms with van der Waals surface area (Å²) >= 11 is 7.05. The maximum atomic E-state index is 10.9. The summed E-state index contributed by atoms with van der Waals surface area (Å²) in [6, 6.07) is 0. The van der Waals surface area contributed by atoms with Crippen LogP contribution in [0.15, 0.2) is 10.8 Å². The Morgan fingerprint density at radius 3 is 2.80 bits per heavy atom. The molecule has 0 amide bonds. The summed E-state index contributed by atoms with van der Waals surface area (Å²) in [6.07, 6.45) is 0. The van der Waals surface area contributed by atoms with E-state index in [9.17, 15) is 4.79 Å². The Labute approximate surface area is 67.6 Å². The van der Waals surface area contributed by atoms with Gasteiger partial charge in [-0.3, -0.25) is 4.79 Å². The van der Waals surface area contributed by atoms with Crippen LogP contribution in [0.3, 0.4) is 0 Å². The summed E-state index contributed by atoms with van der Waals surface area (Å²) in [4.78, 5) is 10.9. The molecule has 2 nitrogen and oxygen atoms in total. The number of thiophene rings is 1. The van der Waals surface area contributed by atoms with Crippen molar-refractivity contribution in [3.63, 3.8) is 0 Å². The van der Waals surface area contributed by atoms with Gasteiger partial charge < -0.3 is 5.73 Å². The number of hydrogen-bond acceptors (Lipinski definition) is 3. The third-order valence-corrected chi connectivity index (χ3v) is 2.29. The summed E-state index contributed by atoms with van der Waals surface area (Å²) in [5, 5.41) is 3.92. The van der Waals surface area contributed by atoms with Crippen LogP contribution in [0.1, 0.15) is 10.4 Å². The van der Waals surface area contributed by atoms with E-state index in [1.54, 1.807) is 10.8 Å². The van der Waals surface area contributed by atoms with Gasteiger partial charge in [-0.25, -0.2) is 0 Å². The number of carbonyl (C=O) groups is 1. The molecule has 1 aromatic heterocycles. The summed E-state index contributed by atoms with van der Waals surface area (Å²) < 4.78 is 0. The van der Waals surface area contributed by atoms with Crippen molar-refractivity contribution in [1.82, 2.24) is 0 Å². The van der Waals surface area contributed by atoms with Gasteiger partial charge in [-0.05, 0) is 0 Å². The molecule has 0 saturated carbocycles. The maximum Gasteiger partial charge on any atom is 0.178 e. The molecule has 2 N–H and O–H groups in total. The van der Waals surface area contributed by atoms with Crippen LogP contribution >= 0.6 is 22.9 Å². The molecule has 0 aliphatic carbocycles. The first kappa shape index (κ1) is 7.72. The fourth-order valence-corrected chi connectivity index (χ4v) is 1.68. The predicted octanol–water partition coefficient (Wildman–Crippen LogP) is 1.54. The summed E-state index contributed by atoms with van der Waals surface area (Å²) in [6.45, 7) is 0.0243. The normalized spacial score (nSPS) is 9.80. The zero-order valence-corrected chi connectivity index (χ0v) is 6.71. The molecule has 0 bridgehead atoms. The molecular formula is C6H6ClNOS. The van der Waals surface area contributed by atoms with Crippen molar-refractivity contribution in [2.45, 2.75) is 0 Å². The number of halogens is 1. The molecule has 0 aliphatic heterocycles. The largest absolute Gasteiger partial charge is 0.324 e. The Kier molecular flexibility index (Phi) is 2.43. The average Bonchev–Trinajstić information content (AvgIpc) is 2.34. The molecule has 1 rings (SSSR count). The molecule has 0 atom stereocenters. The molecular weight excluding hydrogens is 170 g/mol. The second-order valence-electron chi connectivity index (χ2n) is 1.76. The first-order valence-electron chi connectivity index (χ1n) is 2.70.